The first-order chi connectivity index (χ1) is 12.1. The minimum Gasteiger partial charge on any atom is -0.363 e. The first kappa shape index (κ1) is 20.4. The van der Waals surface area contributed by atoms with Gasteiger partial charge in [0, 0.05) is 44.3 Å². The summed E-state index contributed by atoms with van der Waals surface area (Å²) in [6, 6.07) is 8.13. The number of piperazine rings is 1. The van der Waals surface area contributed by atoms with E-state index in [-0.39, 0.29) is 0 Å². The zero-order valence-electron chi connectivity index (χ0n) is 15.5. The van der Waals surface area contributed by atoms with Crippen molar-refractivity contribution in [1.29, 1.82) is 0 Å². The van der Waals surface area contributed by atoms with Crippen LogP contribution in [0.15, 0.2) is 24.3 Å². The summed E-state index contributed by atoms with van der Waals surface area (Å²) in [6.07, 6.45) is 1.14. The van der Waals surface area contributed by atoms with E-state index in [4.69, 9.17) is 23.8 Å². The molecule has 140 valence electrons. The van der Waals surface area contributed by atoms with E-state index in [9.17, 15) is 0 Å². The number of thiocarbonyl (C=S) groups is 1. The van der Waals surface area contributed by atoms with E-state index in [0.717, 1.165) is 75.5 Å². The molecule has 0 radical (unpaired) electrons. The van der Waals surface area contributed by atoms with Crippen LogP contribution < -0.4 is 5.32 Å². The zero-order valence-corrected chi connectivity index (χ0v) is 17.1. The van der Waals surface area contributed by atoms with Crippen molar-refractivity contribution in [3.63, 3.8) is 0 Å². The second-order valence-electron chi connectivity index (χ2n) is 6.51. The molecule has 1 fully saturated rings. The molecule has 0 amide bonds. The third kappa shape index (κ3) is 7.10. The minimum absolute atomic E-state index is 0.811. The van der Waals surface area contributed by atoms with Crippen molar-refractivity contribution in [2.45, 2.75) is 26.8 Å². The molecule has 1 saturated heterocycles. The van der Waals surface area contributed by atoms with Gasteiger partial charge in [0.2, 0.25) is 0 Å². The summed E-state index contributed by atoms with van der Waals surface area (Å²) in [5.41, 5.74) is 1.28. The van der Waals surface area contributed by atoms with Crippen molar-refractivity contribution in [1.82, 2.24) is 20.0 Å². The maximum atomic E-state index is 6.07. The van der Waals surface area contributed by atoms with Crippen LogP contribution in [-0.4, -0.2) is 72.2 Å². The third-order valence-electron chi connectivity index (χ3n) is 4.78. The molecule has 0 saturated carbocycles. The summed E-state index contributed by atoms with van der Waals surface area (Å²) >= 11 is 11.6. The van der Waals surface area contributed by atoms with Gasteiger partial charge in [-0.15, -0.1) is 0 Å². The smallest absolute Gasteiger partial charge is 0.169 e. The van der Waals surface area contributed by atoms with Crippen LogP contribution in [0.4, 0.5) is 0 Å². The molecule has 1 aliphatic rings. The SMILES string of the molecule is CCN(CC)CCCNC(=S)N1CCN(Cc2cccc(Cl)c2)CC1. The van der Waals surface area contributed by atoms with Crippen molar-refractivity contribution >= 4 is 28.9 Å². The van der Waals surface area contributed by atoms with E-state index in [0.29, 0.717) is 0 Å². The molecular weight excluding hydrogens is 352 g/mol. The first-order valence-corrected chi connectivity index (χ1v) is 10.1. The Morgan fingerprint density at radius 3 is 2.56 bits per heavy atom. The van der Waals surface area contributed by atoms with E-state index in [1.807, 2.05) is 12.1 Å². The topological polar surface area (TPSA) is 21.8 Å². The fourth-order valence-electron chi connectivity index (χ4n) is 3.15. The van der Waals surface area contributed by atoms with Crippen molar-refractivity contribution in [3.8, 4) is 0 Å². The molecule has 1 aromatic carbocycles. The van der Waals surface area contributed by atoms with Gasteiger partial charge in [-0.1, -0.05) is 37.6 Å². The second kappa shape index (κ2) is 11.0. The Labute approximate surface area is 163 Å². The predicted octanol–water partition coefficient (Wildman–Crippen LogP) is 3.06. The third-order valence-corrected chi connectivity index (χ3v) is 5.41. The summed E-state index contributed by atoms with van der Waals surface area (Å²) in [5, 5.41) is 5.14. The maximum Gasteiger partial charge on any atom is 0.169 e. The van der Waals surface area contributed by atoms with Gasteiger partial charge in [0.05, 0.1) is 0 Å². The number of halogens is 1. The van der Waals surface area contributed by atoms with Gasteiger partial charge in [-0.25, -0.2) is 0 Å². The van der Waals surface area contributed by atoms with Gasteiger partial charge in [-0.3, -0.25) is 4.90 Å². The fraction of sp³-hybridized carbons (Fsp3) is 0.632. The lowest BCUT2D eigenvalue weighted by Gasteiger charge is -2.36. The molecular formula is C19H31ClN4S. The van der Waals surface area contributed by atoms with Crippen LogP contribution in [0.2, 0.25) is 5.02 Å². The molecule has 1 aromatic rings. The van der Waals surface area contributed by atoms with Gasteiger partial charge in [-0.05, 0) is 56.0 Å². The minimum atomic E-state index is 0.811. The summed E-state index contributed by atoms with van der Waals surface area (Å²) < 4.78 is 0. The quantitative estimate of drug-likeness (QED) is 0.549. The van der Waals surface area contributed by atoms with E-state index in [1.165, 1.54) is 5.56 Å². The van der Waals surface area contributed by atoms with Gasteiger partial charge in [0.25, 0.3) is 0 Å². The highest BCUT2D eigenvalue weighted by Gasteiger charge is 2.18. The van der Waals surface area contributed by atoms with Crippen LogP contribution in [0.25, 0.3) is 0 Å². The summed E-state index contributed by atoms with van der Waals surface area (Å²) in [7, 11) is 0. The molecule has 0 unspecified atom stereocenters. The first-order valence-electron chi connectivity index (χ1n) is 9.34. The molecule has 0 aliphatic carbocycles. The Balaban J connectivity index is 1.64. The average Bonchev–Trinajstić information content (AvgIpc) is 2.62. The lowest BCUT2D eigenvalue weighted by Crippen LogP contribution is -2.51. The molecule has 1 aliphatic heterocycles. The maximum absolute atomic E-state index is 6.07. The Morgan fingerprint density at radius 1 is 1.20 bits per heavy atom. The number of nitrogens with one attached hydrogen (secondary N) is 1. The molecule has 6 heteroatoms. The molecule has 1 heterocycles. The van der Waals surface area contributed by atoms with E-state index in [2.05, 4.69) is 46.0 Å². The normalized spacial score (nSPS) is 15.6. The van der Waals surface area contributed by atoms with Gasteiger partial charge in [0.15, 0.2) is 5.11 Å². The molecule has 2 rings (SSSR count). The molecule has 0 aromatic heterocycles. The number of rotatable bonds is 8. The number of hydrogen-bond acceptors (Lipinski definition) is 3. The predicted molar refractivity (Wildman–Crippen MR) is 111 cm³/mol. The van der Waals surface area contributed by atoms with Crippen molar-refractivity contribution < 1.29 is 0 Å². The van der Waals surface area contributed by atoms with Crippen molar-refractivity contribution in [2.75, 3.05) is 52.4 Å². The largest absolute Gasteiger partial charge is 0.363 e. The van der Waals surface area contributed by atoms with Crippen LogP contribution in [0.5, 0.6) is 0 Å². The van der Waals surface area contributed by atoms with Crippen LogP contribution in [0.1, 0.15) is 25.8 Å². The summed E-state index contributed by atoms with van der Waals surface area (Å²) in [5.74, 6) is 0. The molecule has 1 N–H and O–H groups in total. The molecule has 4 nitrogen and oxygen atoms in total. The fourth-order valence-corrected chi connectivity index (χ4v) is 3.65. The molecule has 25 heavy (non-hydrogen) atoms. The van der Waals surface area contributed by atoms with Gasteiger partial charge < -0.3 is 15.1 Å². The Hall–Kier alpha value is -0.880. The standard InChI is InChI=1S/C19H31ClN4S/c1-3-22(4-2)10-6-9-21-19(25)24-13-11-23(12-14-24)16-17-7-5-8-18(20)15-17/h5,7-8,15H,3-4,6,9-14,16H2,1-2H3,(H,21,25). The second-order valence-corrected chi connectivity index (χ2v) is 7.33. The zero-order chi connectivity index (χ0) is 18.1. The van der Waals surface area contributed by atoms with E-state index >= 15 is 0 Å². The van der Waals surface area contributed by atoms with Crippen LogP contribution in [0, 0.1) is 0 Å². The van der Waals surface area contributed by atoms with Gasteiger partial charge >= 0.3 is 0 Å². The van der Waals surface area contributed by atoms with Crippen LogP contribution in [0.3, 0.4) is 0 Å². The number of hydrogen-bond donors (Lipinski definition) is 1. The molecule has 0 spiro atoms. The average molecular weight is 383 g/mol. The monoisotopic (exact) mass is 382 g/mol. The summed E-state index contributed by atoms with van der Waals surface area (Å²) in [6.45, 7) is 13.8. The lowest BCUT2D eigenvalue weighted by atomic mass is 10.2. The van der Waals surface area contributed by atoms with E-state index in [1.54, 1.807) is 0 Å². The highest BCUT2D eigenvalue weighted by molar-refractivity contribution is 7.80. The van der Waals surface area contributed by atoms with Crippen molar-refractivity contribution in [2.24, 2.45) is 0 Å². The van der Waals surface area contributed by atoms with Crippen LogP contribution in [-0.2, 0) is 6.54 Å². The molecule has 0 atom stereocenters. The summed E-state index contributed by atoms with van der Waals surface area (Å²) in [4.78, 5) is 7.20. The highest BCUT2D eigenvalue weighted by atomic mass is 35.5. The highest BCUT2D eigenvalue weighted by Crippen LogP contribution is 2.14. The lowest BCUT2D eigenvalue weighted by molar-refractivity contribution is 0.174. The number of nitrogens with zero attached hydrogens (tertiary/aromatic N) is 3. The number of benzene rings is 1. The Kier molecular flexibility index (Phi) is 8.96. The van der Waals surface area contributed by atoms with E-state index < -0.39 is 0 Å². The Morgan fingerprint density at radius 2 is 1.92 bits per heavy atom. The van der Waals surface area contributed by atoms with Crippen LogP contribution >= 0.6 is 23.8 Å². The molecule has 0 bridgehead atoms. The van der Waals surface area contributed by atoms with Gasteiger partial charge in [-0.2, -0.15) is 0 Å². The van der Waals surface area contributed by atoms with Gasteiger partial charge in [0.1, 0.15) is 0 Å². The Bertz CT molecular complexity index is 528. The van der Waals surface area contributed by atoms with Crippen molar-refractivity contribution in [3.05, 3.63) is 34.9 Å².